The number of hydrogen-bond acceptors (Lipinski definition) is 2. The SMILES string of the molecule is CCCCc1ccc(C(CC)CC(=O)O)c(CCCC)c1O. The summed E-state index contributed by atoms with van der Waals surface area (Å²) in [6.45, 7) is 6.29. The van der Waals surface area contributed by atoms with E-state index in [1.165, 1.54) is 0 Å². The van der Waals surface area contributed by atoms with E-state index in [9.17, 15) is 9.90 Å². The number of unbranched alkanes of at least 4 members (excludes halogenated alkanes) is 2. The fourth-order valence-electron chi connectivity index (χ4n) is 2.95. The highest BCUT2D eigenvalue weighted by atomic mass is 16.4. The Morgan fingerprint density at radius 3 is 2.27 bits per heavy atom. The molecule has 0 bridgehead atoms. The van der Waals surface area contributed by atoms with Crippen LogP contribution in [-0.4, -0.2) is 16.2 Å². The second-order valence-corrected chi connectivity index (χ2v) is 6.05. The third-order valence-electron chi connectivity index (χ3n) is 4.34. The molecule has 1 rings (SSSR count). The molecule has 0 aliphatic carbocycles. The molecule has 124 valence electrons. The minimum atomic E-state index is -0.775. The highest BCUT2D eigenvalue weighted by molar-refractivity contribution is 5.68. The summed E-state index contributed by atoms with van der Waals surface area (Å²) in [6.07, 6.45) is 6.86. The minimum absolute atomic E-state index is 0.0181. The molecule has 0 amide bonds. The van der Waals surface area contributed by atoms with Crippen LogP contribution >= 0.6 is 0 Å². The van der Waals surface area contributed by atoms with Crippen LogP contribution in [0, 0.1) is 0 Å². The molecule has 0 fully saturated rings. The van der Waals surface area contributed by atoms with Gasteiger partial charge in [0.1, 0.15) is 5.75 Å². The number of aryl methyl sites for hydroxylation is 1. The second-order valence-electron chi connectivity index (χ2n) is 6.05. The van der Waals surface area contributed by atoms with Crippen LogP contribution in [0.15, 0.2) is 12.1 Å². The van der Waals surface area contributed by atoms with Gasteiger partial charge < -0.3 is 10.2 Å². The summed E-state index contributed by atoms with van der Waals surface area (Å²) in [5, 5.41) is 19.8. The van der Waals surface area contributed by atoms with E-state index in [0.717, 1.165) is 61.6 Å². The zero-order valence-corrected chi connectivity index (χ0v) is 14.2. The van der Waals surface area contributed by atoms with Crippen molar-refractivity contribution in [2.24, 2.45) is 0 Å². The van der Waals surface area contributed by atoms with Crippen LogP contribution in [0.2, 0.25) is 0 Å². The topological polar surface area (TPSA) is 57.5 Å². The lowest BCUT2D eigenvalue weighted by Crippen LogP contribution is -2.09. The van der Waals surface area contributed by atoms with Crippen LogP contribution in [0.5, 0.6) is 5.75 Å². The summed E-state index contributed by atoms with van der Waals surface area (Å²) in [5.41, 5.74) is 3.00. The zero-order chi connectivity index (χ0) is 16.5. The first-order valence-electron chi connectivity index (χ1n) is 8.60. The van der Waals surface area contributed by atoms with Crippen LogP contribution < -0.4 is 0 Å². The molecule has 0 aliphatic heterocycles. The molecule has 1 atom stereocenters. The molecule has 0 radical (unpaired) electrons. The predicted octanol–water partition coefficient (Wildman–Crippen LogP) is 5.05. The Bertz CT molecular complexity index is 480. The molecule has 0 saturated carbocycles. The summed E-state index contributed by atoms with van der Waals surface area (Å²) < 4.78 is 0. The summed E-state index contributed by atoms with van der Waals surface area (Å²) in [6, 6.07) is 4.03. The lowest BCUT2D eigenvalue weighted by molar-refractivity contribution is -0.137. The van der Waals surface area contributed by atoms with Gasteiger partial charge in [-0.05, 0) is 54.7 Å². The Morgan fingerprint density at radius 1 is 1.09 bits per heavy atom. The lowest BCUT2D eigenvalue weighted by Gasteiger charge is -2.20. The second kappa shape index (κ2) is 9.50. The van der Waals surface area contributed by atoms with Crippen molar-refractivity contribution in [3.8, 4) is 5.75 Å². The normalized spacial score (nSPS) is 12.3. The molecule has 0 saturated heterocycles. The van der Waals surface area contributed by atoms with E-state index in [1.807, 2.05) is 19.1 Å². The molecule has 0 aliphatic rings. The maximum absolute atomic E-state index is 11.1. The highest BCUT2D eigenvalue weighted by Gasteiger charge is 2.20. The molecule has 1 aromatic rings. The fraction of sp³-hybridized carbons (Fsp3) is 0.632. The van der Waals surface area contributed by atoms with Crippen molar-refractivity contribution in [2.75, 3.05) is 0 Å². The van der Waals surface area contributed by atoms with E-state index >= 15 is 0 Å². The molecule has 3 heteroatoms. The maximum atomic E-state index is 11.1. The Hall–Kier alpha value is -1.51. The van der Waals surface area contributed by atoms with Gasteiger partial charge in [0.2, 0.25) is 0 Å². The average Bonchev–Trinajstić information content (AvgIpc) is 2.50. The quantitative estimate of drug-likeness (QED) is 0.636. The minimum Gasteiger partial charge on any atom is -0.507 e. The van der Waals surface area contributed by atoms with Crippen molar-refractivity contribution in [3.63, 3.8) is 0 Å². The molecule has 1 aromatic carbocycles. The monoisotopic (exact) mass is 306 g/mol. The predicted molar refractivity (Wildman–Crippen MR) is 90.6 cm³/mol. The van der Waals surface area contributed by atoms with Gasteiger partial charge in [-0.1, -0.05) is 45.7 Å². The van der Waals surface area contributed by atoms with Gasteiger partial charge >= 0.3 is 5.97 Å². The average molecular weight is 306 g/mol. The van der Waals surface area contributed by atoms with Gasteiger partial charge in [0.25, 0.3) is 0 Å². The number of carboxylic acids is 1. The number of phenols is 1. The molecule has 0 spiro atoms. The number of carboxylic acid groups (broad SMARTS) is 1. The van der Waals surface area contributed by atoms with Gasteiger partial charge in [-0.25, -0.2) is 0 Å². The molecular formula is C19H30O3. The van der Waals surface area contributed by atoms with Crippen LogP contribution in [0.25, 0.3) is 0 Å². The Balaban J connectivity index is 3.18. The first-order valence-corrected chi connectivity index (χ1v) is 8.60. The fourth-order valence-corrected chi connectivity index (χ4v) is 2.95. The summed E-state index contributed by atoms with van der Waals surface area (Å²) in [4.78, 5) is 11.1. The lowest BCUT2D eigenvalue weighted by atomic mass is 9.85. The number of phenolic OH excluding ortho intramolecular Hbond substituents is 1. The summed E-state index contributed by atoms with van der Waals surface area (Å²) >= 11 is 0. The maximum Gasteiger partial charge on any atom is 0.303 e. The third kappa shape index (κ3) is 5.04. The van der Waals surface area contributed by atoms with E-state index in [2.05, 4.69) is 13.8 Å². The van der Waals surface area contributed by atoms with E-state index in [-0.39, 0.29) is 12.3 Å². The molecular weight excluding hydrogens is 276 g/mol. The summed E-state index contributed by atoms with van der Waals surface area (Å²) in [7, 11) is 0. The van der Waals surface area contributed by atoms with Crippen LogP contribution in [-0.2, 0) is 17.6 Å². The zero-order valence-electron chi connectivity index (χ0n) is 14.2. The first kappa shape index (κ1) is 18.5. The molecule has 0 aromatic heterocycles. The van der Waals surface area contributed by atoms with Crippen LogP contribution in [0.3, 0.4) is 0 Å². The van der Waals surface area contributed by atoms with Crippen LogP contribution in [0.1, 0.15) is 81.9 Å². The molecule has 3 nitrogen and oxygen atoms in total. The standard InChI is InChI=1S/C19H30O3/c1-4-7-9-15-11-12-16(14(6-3)13-18(20)21)17(19(15)22)10-8-5-2/h11-12,14,22H,4-10,13H2,1-3H3,(H,20,21). The largest absolute Gasteiger partial charge is 0.507 e. The van der Waals surface area contributed by atoms with E-state index in [0.29, 0.717) is 5.75 Å². The van der Waals surface area contributed by atoms with Crippen molar-refractivity contribution < 1.29 is 15.0 Å². The van der Waals surface area contributed by atoms with Crippen molar-refractivity contribution >= 4 is 5.97 Å². The van der Waals surface area contributed by atoms with E-state index < -0.39 is 5.97 Å². The van der Waals surface area contributed by atoms with E-state index in [4.69, 9.17) is 5.11 Å². The first-order chi connectivity index (χ1) is 10.5. The third-order valence-corrected chi connectivity index (χ3v) is 4.34. The van der Waals surface area contributed by atoms with Gasteiger partial charge in [0.15, 0.2) is 0 Å². The van der Waals surface area contributed by atoms with E-state index in [1.54, 1.807) is 0 Å². The Labute approximate surface area is 134 Å². The van der Waals surface area contributed by atoms with Gasteiger partial charge in [-0.3, -0.25) is 4.79 Å². The van der Waals surface area contributed by atoms with Crippen LogP contribution in [0.4, 0.5) is 0 Å². The van der Waals surface area contributed by atoms with Gasteiger partial charge in [-0.15, -0.1) is 0 Å². The molecule has 22 heavy (non-hydrogen) atoms. The highest BCUT2D eigenvalue weighted by Crippen LogP contribution is 2.35. The summed E-state index contributed by atoms with van der Waals surface area (Å²) in [5.74, 6) is -0.387. The number of aromatic hydroxyl groups is 1. The number of hydrogen-bond donors (Lipinski definition) is 2. The molecule has 2 N–H and O–H groups in total. The Morgan fingerprint density at radius 2 is 1.73 bits per heavy atom. The van der Waals surface area contributed by atoms with Gasteiger partial charge in [0, 0.05) is 0 Å². The number of rotatable bonds is 10. The van der Waals surface area contributed by atoms with Gasteiger partial charge in [-0.2, -0.15) is 0 Å². The smallest absolute Gasteiger partial charge is 0.303 e. The van der Waals surface area contributed by atoms with Crippen molar-refractivity contribution in [2.45, 2.75) is 78.1 Å². The number of benzene rings is 1. The number of carbonyl (C=O) groups is 1. The number of aliphatic carboxylic acids is 1. The van der Waals surface area contributed by atoms with Crippen molar-refractivity contribution in [1.29, 1.82) is 0 Å². The van der Waals surface area contributed by atoms with Crippen molar-refractivity contribution in [3.05, 3.63) is 28.8 Å². The molecule has 1 unspecified atom stereocenters. The Kier molecular flexibility index (Phi) is 8.00. The molecule has 0 heterocycles. The van der Waals surface area contributed by atoms with Crippen molar-refractivity contribution in [1.82, 2.24) is 0 Å². The van der Waals surface area contributed by atoms with Gasteiger partial charge in [0.05, 0.1) is 6.42 Å².